The van der Waals surface area contributed by atoms with E-state index in [-0.39, 0.29) is 5.54 Å². The molecule has 0 unspecified atom stereocenters. The van der Waals surface area contributed by atoms with Crippen LogP contribution in [0.3, 0.4) is 0 Å². The third-order valence-corrected chi connectivity index (χ3v) is 2.87. The van der Waals surface area contributed by atoms with Gasteiger partial charge in [0.2, 0.25) is 0 Å². The summed E-state index contributed by atoms with van der Waals surface area (Å²) in [6.07, 6.45) is 0. The van der Waals surface area contributed by atoms with Gasteiger partial charge in [-0.3, -0.25) is 0 Å². The second-order valence-electron chi connectivity index (χ2n) is 5.83. The van der Waals surface area contributed by atoms with Crippen LogP contribution in [0.15, 0.2) is 28.9 Å². The summed E-state index contributed by atoms with van der Waals surface area (Å²) in [5, 5.41) is 10.9. The zero-order chi connectivity index (χ0) is 14.6. The van der Waals surface area contributed by atoms with Crippen molar-refractivity contribution in [1.82, 2.24) is 15.6 Å². The van der Waals surface area contributed by atoms with E-state index in [9.17, 15) is 0 Å². The fraction of sp³-hybridized carbons (Fsp3) is 0.467. The van der Waals surface area contributed by atoms with Crippen molar-refractivity contribution in [3.05, 3.63) is 41.2 Å². The molecule has 1 heterocycles. The van der Waals surface area contributed by atoms with E-state index >= 15 is 0 Å². The van der Waals surface area contributed by atoms with Gasteiger partial charge in [-0.1, -0.05) is 22.4 Å². The van der Waals surface area contributed by atoms with Crippen LogP contribution >= 0.6 is 0 Å². The van der Waals surface area contributed by atoms with E-state index < -0.39 is 0 Å². The second kappa shape index (κ2) is 6.05. The standard InChI is InChI=1S/C15H21N3O2/c1-11-14(18-20-17-11)10-19-13-7-5-12(6-8-13)9-16-15(2,3)4/h5-8,16H,9-10H2,1-4H3. The van der Waals surface area contributed by atoms with Gasteiger partial charge in [-0.25, -0.2) is 4.63 Å². The Morgan fingerprint density at radius 2 is 1.85 bits per heavy atom. The van der Waals surface area contributed by atoms with E-state index in [1.807, 2.05) is 19.1 Å². The summed E-state index contributed by atoms with van der Waals surface area (Å²) in [4.78, 5) is 0. The molecule has 0 radical (unpaired) electrons. The number of hydrogen-bond acceptors (Lipinski definition) is 5. The van der Waals surface area contributed by atoms with Gasteiger partial charge in [-0.2, -0.15) is 0 Å². The summed E-state index contributed by atoms with van der Waals surface area (Å²) >= 11 is 0. The van der Waals surface area contributed by atoms with Crippen LogP contribution in [-0.4, -0.2) is 15.9 Å². The zero-order valence-corrected chi connectivity index (χ0v) is 12.4. The van der Waals surface area contributed by atoms with Gasteiger partial charge in [-0.05, 0) is 45.4 Å². The highest BCUT2D eigenvalue weighted by atomic mass is 16.6. The number of ether oxygens (including phenoxy) is 1. The maximum absolute atomic E-state index is 5.65. The first-order chi connectivity index (χ1) is 9.44. The molecule has 1 N–H and O–H groups in total. The second-order valence-corrected chi connectivity index (χ2v) is 5.83. The van der Waals surface area contributed by atoms with Crippen molar-refractivity contribution < 1.29 is 9.37 Å². The first-order valence-electron chi connectivity index (χ1n) is 6.69. The van der Waals surface area contributed by atoms with E-state index in [0.717, 1.165) is 23.7 Å². The molecule has 0 aliphatic heterocycles. The number of aromatic nitrogens is 2. The van der Waals surface area contributed by atoms with Gasteiger partial charge in [0.25, 0.3) is 0 Å². The van der Waals surface area contributed by atoms with Crippen molar-refractivity contribution in [2.24, 2.45) is 0 Å². The quantitative estimate of drug-likeness (QED) is 0.909. The van der Waals surface area contributed by atoms with E-state index in [4.69, 9.17) is 4.74 Å². The van der Waals surface area contributed by atoms with Crippen LogP contribution in [0.1, 0.15) is 37.7 Å². The highest BCUT2D eigenvalue weighted by Gasteiger charge is 2.08. The van der Waals surface area contributed by atoms with Crippen LogP contribution in [-0.2, 0) is 13.2 Å². The molecule has 0 saturated carbocycles. The Balaban J connectivity index is 1.87. The van der Waals surface area contributed by atoms with Crippen LogP contribution in [0.4, 0.5) is 0 Å². The molecule has 2 aromatic rings. The highest BCUT2D eigenvalue weighted by Crippen LogP contribution is 2.15. The Kier molecular flexibility index (Phi) is 4.39. The van der Waals surface area contributed by atoms with Crippen LogP contribution in [0, 0.1) is 6.92 Å². The molecule has 0 saturated heterocycles. The smallest absolute Gasteiger partial charge is 0.145 e. The zero-order valence-electron chi connectivity index (χ0n) is 12.4. The van der Waals surface area contributed by atoms with E-state index in [1.54, 1.807) is 0 Å². The number of hydrogen-bond donors (Lipinski definition) is 1. The van der Waals surface area contributed by atoms with E-state index in [0.29, 0.717) is 6.61 Å². The average molecular weight is 275 g/mol. The SMILES string of the molecule is Cc1nonc1COc1ccc(CNC(C)(C)C)cc1. The largest absolute Gasteiger partial charge is 0.487 e. The van der Waals surface area contributed by atoms with Gasteiger partial charge in [0, 0.05) is 12.1 Å². The van der Waals surface area contributed by atoms with Crippen LogP contribution < -0.4 is 10.1 Å². The first kappa shape index (κ1) is 14.5. The predicted molar refractivity (Wildman–Crippen MR) is 76.4 cm³/mol. The average Bonchev–Trinajstić information content (AvgIpc) is 2.80. The van der Waals surface area contributed by atoms with Crippen molar-refractivity contribution in [3.8, 4) is 5.75 Å². The lowest BCUT2D eigenvalue weighted by Gasteiger charge is -2.20. The molecular formula is C15H21N3O2. The molecule has 20 heavy (non-hydrogen) atoms. The Morgan fingerprint density at radius 1 is 1.15 bits per heavy atom. The van der Waals surface area contributed by atoms with E-state index in [1.165, 1.54) is 5.56 Å². The minimum Gasteiger partial charge on any atom is -0.487 e. The summed E-state index contributed by atoms with van der Waals surface area (Å²) in [5.41, 5.74) is 2.83. The number of aryl methyl sites for hydroxylation is 1. The molecule has 0 atom stereocenters. The normalized spacial score (nSPS) is 11.6. The Bertz CT molecular complexity index is 541. The molecule has 108 valence electrons. The van der Waals surface area contributed by atoms with Gasteiger partial charge in [0.05, 0.1) is 0 Å². The molecule has 5 heteroatoms. The molecule has 0 amide bonds. The van der Waals surface area contributed by atoms with Crippen LogP contribution in [0.2, 0.25) is 0 Å². The predicted octanol–water partition coefficient (Wildman–Crippen LogP) is 2.85. The lowest BCUT2D eigenvalue weighted by Crippen LogP contribution is -2.34. The van der Waals surface area contributed by atoms with Gasteiger partial charge in [0.1, 0.15) is 23.7 Å². The maximum atomic E-state index is 5.65. The Labute approximate surface area is 119 Å². The molecule has 0 bridgehead atoms. The third kappa shape index (κ3) is 4.35. The summed E-state index contributed by atoms with van der Waals surface area (Å²) in [6, 6.07) is 8.04. The number of benzene rings is 1. The molecule has 5 nitrogen and oxygen atoms in total. The van der Waals surface area contributed by atoms with Crippen molar-refractivity contribution >= 4 is 0 Å². The Hall–Kier alpha value is -1.88. The molecule has 0 aliphatic carbocycles. The van der Waals surface area contributed by atoms with Gasteiger partial charge >= 0.3 is 0 Å². The number of nitrogens with one attached hydrogen (secondary N) is 1. The molecule has 1 aromatic heterocycles. The highest BCUT2D eigenvalue weighted by molar-refractivity contribution is 5.27. The molecule has 2 rings (SSSR count). The molecule has 0 spiro atoms. The molecule has 0 aliphatic rings. The van der Waals surface area contributed by atoms with E-state index in [2.05, 4.69) is 53.2 Å². The summed E-state index contributed by atoms with van der Waals surface area (Å²) in [5.74, 6) is 0.812. The van der Waals surface area contributed by atoms with Crippen LogP contribution in [0.25, 0.3) is 0 Å². The fourth-order valence-corrected chi connectivity index (χ4v) is 1.60. The maximum Gasteiger partial charge on any atom is 0.145 e. The van der Waals surface area contributed by atoms with Crippen molar-refractivity contribution in [1.29, 1.82) is 0 Å². The number of nitrogens with zero attached hydrogens (tertiary/aromatic N) is 2. The minimum absolute atomic E-state index is 0.118. The van der Waals surface area contributed by atoms with Crippen LogP contribution in [0.5, 0.6) is 5.75 Å². The van der Waals surface area contributed by atoms with Crippen molar-refractivity contribution in [2.75, 3.05) is 0 Å². The fourth-order valence-electron chi connectivity index (χ4n) is 1.60. The summed E-state index contributed by atoms with van der Waals surface area (Å²) < 4.78 is 10.3. The van der Waals surface area contributed by atoms with Gasteiger partial charge in [0.15, 0.2) is 0 Å². The summed E-state index contributed by atoms with van der Waals surface area (Å²) in [6.45, 7) is 9.51. The molecule has 0 fully saturated rings. The monoisotopic (exact) mass is 275 g/mol. The van der Waals surface area contributed by atoms with Gasteiger partial charge < -0.3 is 10.1 Å². The lowest BCUT2D eigenvalue weighted by molar-refractivity contribution is 0.270. The van der Waals surface area contributed by atoms with Crippen molar-refractivity contribution in [2.45, 2.75) is 46.4 Å². The molecule has 1 aromatic carbocycles. The number of rotatable bonds is 5. The van der Waals surface area contributed by atoms with Gasteiger partial charge in [-0.15, -0.1) is 0 Å². The first-order valence-corrected chi connectivity index (χ1v) is 6.69. The topological polar surface area (TPSA) is 60.2 Å². The lowest BCUT2D eigenvalue weighted by atomic mass is 10.1. The minimum atomic E-state index is 0.118. The third-order valence-electron chi connectivity index (χ3n) is 2.87. The van der Waals surface area contributed by atoms with Crippen molar-refractivity contribution in [3.63, 3.8) is 0 Å². The molecular weight excluding hydrogens is 254 g/mol. The summed E-state index contributed by atoms with van der Waals surface area (Å²) in [7, 11) is 0. The Morgan fingerprint density at radius 3 is 2.40 bits per heavy atom.